The molecular formula is C6H15NO2. The van der Waals surface area contributed by atoms with Crippen LogP contribution in [0.1, 0.15) is 27.2 Å². The molecule has 2 N–H and O–H groups in total. The summed E-state index contributed by atoms with van der Waals surface area (Å²) in [5, 5.41) is 0. The molecule has 56 valence electrons. The second-order valence-corrected chi connectivity index (χ2v) is 2.48. The Morgan fingerprint density at radius 3 is 2.33 bits per heavy atom. The minimum Gasteiger partial charge on any atom is -0.306 e. The van der Waals surface area contributed by atoms with E-state index in [9.17, 15) is 0 Å². The summed E-state index contributed by atoms with van der Waals surface area (Å²) in [6, 6.07) is 0. The topological polar surface area (TPSA) is 44.5 Å². The molecule has 0 amide bonds. The van der Waals surface area contributed by atoms with Crippen molar-refractivity contribution >= 4 is 0 Å². The van der Waals surface area contributed by atoms with Gasteiger partial charge in [0, 0.05) is 0 Å². The van der Waals surface area contributed by atoms with Crippen molar-refractivity contribution in [3.63, 3.8) is 0 Å². The molecule has 0 bridgehead atoms. The average molecular weight is 133 g/mol. The smallest absolute Gasteiger partial charge is 0.130 e. The minimum atomic E-state index is -0.209. The van der Waals surface area contributed by atoms with Gasteiger partial charge in [-0.05, 0) is 20.3 Å². The van der Waals surface area contributed by atoms with Crippen LogP contribution < -0.4 is 5.73 Å². The molecule has 0 atom stereocenters. The number of rotatable bonds is 4. The summed E-state index contributed by atoms with van der Waals surface area (Å²) in [5.41, 5.74) is 4.83. The molecule has 0 aliphatic carbocycles. The van der Waals surface area contributed by atoms with Crippen molar-refractivity contribution < 1.29 is 9.78 Å². The first-order valence-electron chi connectivity index (χ1n) is 3.13. The third-order valence-electron chi connectivity index (χ3n) is 1.20. The molecule has 0 saturated heterocycles. The van der Waals surface area contributed by atoms with E-state index in [1.54, 1.807) is 0 Å². The molecule has 0 heterocycles. The normalized spacial score (nSPS) is 12.0. The van der Waals surface area contributed by atoms with E-state index in [2.05, 4.69) is 4.89 Å². The zero-order valence-electron chi connectivity index (χ0n) is 6.31. The third-order valence-corrected chi connectivity index (χ3v) is 1.20. The maximum Gasteiger partial charge on any atom is 0.130 e. The zero-order valence-corrected chi connectivity index (χ0v) is 6.31. The Bertz CT molecular complexity index is 73.5. The van der Waals surface area contributed by atoms with Crippen molar-refractivity contribution in [3.05, 3.63) is 0 Å². The SMILES string of the molecule is CCC(C)(C)OOCN. The second-order valence-electron chi connectivity index (χ2n) is 2.48. The standard InChI is InChI=1S/C6H15NO2/c1-4-6(2,3)9-8-5-7/h4-5,7H2,1-3H3. The fraction of sp³-hybridized carbons (Fsp3) is 1.00. The van der Waals surface area contributed by atoms with Gasteiger partial charge in [-0.2, -0.15) is 0 Å². The van der Waals surface area contributed by atoms with Crippen LogP contribution in [-0.4, -0.2) is 12.3 Å². The summed E-state index contributed by atoms with van der Waals surface area (Å²) in [6.45, 7) is 6.04. The fourth-order valence-electron chi connectivity index (χ4n) is 0.252. The van der Waals surface area contributed by atoms with Gasteiger partial charge in [0.15, 0.2) is 0 Å². The molecule has 0 saturated carbocycles. The van der Waals surface area contributed by atoms with Gasteiger partial charge < -0.3 is 5.73 Å². The van der Waals surface area contributed by atoms with E-state index < -0.39 is 0 Å². The Morgan fingerprint density at radius 1 is 1.44 bits per heavy atom. The minimum absolute atomic E-state index is 0.115. The quantitative estimate of drug-likeness (QED) is 0.354. The van der Waals surface area contributed by atoms with Gasteiger partial charge in [-0.25, -0.2) is 9.78 Å². The van der Waals surface area contributed by atoms with Crippen molar-refractivity contribution in [2.75, 3.05) is 6.73 Å². The van der Waals surface area contributed by atoms with Crippen LogP contribution in [0.3, 0.4) is 0 Å². The van der Waals surface area contributed by atoms with Crippen molar-refractivity contribution in [3.8, 4) is 0 Å². The highest BCUT2D eigenvalue weighted by atomic mass is 17.2. The summed E-state index contributed by atoms with van der Waals surface area (Å²) < 4.78 is 0. The molecule has 0 aromatic carbocycles. The Morgan fingerprint density at radius 2 is 2.00 bits per heavy atom. The monoisotopic (exact) mass is 133 g/mol. The van der Waals surface area contributed by atoms with Crippen molar-refractivity contribution in [1.29, 1.82) is 0 Å². The van der Waals surface area contributed by atoms with E-state index in [1.165, 1.54) is 0 Å². The lowest BCUT2D eigenvalue weighted by atomic mass is 10.1. The Balaban J connectivity index is 3.33. The van der Waals surface area contributed by atoms with Crippen LogP contribution in [0.15, 0.2) is 0 Å². The van der Waals surface area contributed by atoms with Gasteiger partial charge in [0.05, 0.1) is 5.60 Å². The predicted octanol–water partition coefficient (Wildman–Crippen LogP) is 1.04. The van der Waals surface area contributed by atoms with E-state index in [0.717, 1.165) is 6.42 Å². The molecule has 0 fully saturated rings. The van der Waals surface area contributed by atoms with E-state index in [0.29, 0.717) is 0 Å². The van der Waals surface area contributed by atoms with Crippen LogP contribution >= 0.6 is 0 Å². The largest absolute Gasteiger partial charge is 0.306 e. The molecule has 3 nitrogen and oxygen atoms in total. The number of hydrogen-bond donors (Lipinski definition) is 1. The molecule has 0 unspecified atom stereocenters. The van der Waals surface area contributed by atoms with Crippen LogP contribution in [0.4, 0.5) is 0 Å². The molecular weight excluding hydrogens is 118 g/mol. The van der Waals surface area contributed by atoms with Crippen LogP contribution in [0.25, 0.3) is 0 Å². The Hall–Kier alpha value is -0.120. The van der Waals surface area contributed by atoms with Crippen molar-refractivity contribution in [2.45, 2.75) is 32.8 Å². The lowest BCUT2D eigenvalue weighted by Crippen LogP contribution is -2.24. The summed E-state index contributed by atoms with van der Waals surface area (Å²) in [6.07, 6.45) is 0.910. The van der Waals surface area contributed by atoms with Crippen LogP contribution in [0.5, 0.6) is 0 Å². The van der Waals surface area contributed by atoms with Crippen molar-refractivity contribution in [1.82, 2.24) is 0 Å². The summed E-state index contributed by atoms with van der Waals surface area (Å²) in [4.78, 5) is 9.47. The maximum atomic E-state index is 5.04. The van der Waals surface area contributed by atoms with Gasteiger partial charge in [0.2, 0.25) is 0 Å². The molecule has 3 heteroatoms. The Labute approximate surface area is 56.1 Å². The van der Waals surface area contributed by atoms with E-state index in [-0.39, 0.29) is 12.3 Å². The van der Waals surface area contributed by atoms with Gasteiger partial charge in [-0.1, -0.05) is 6.92 Å². The molecule has 0 aromatic rings. The Kier molecular flexibility index (Phi) is 3.77. The van der Waals surface area contributed by atoms with Crippen LogP contribution in [-0.2, 0) is 9.78 Å². The van der Waals surface area contributed by atoms with E-state index in [1.807, 2.05) is 20.8 Å². The van der Waals surface area contributed by atoms with Gasteiger partial charge in [0.1, 0.15) is 6.73 Å². The zero-order chi connectivity index (χ0) is 7.33. The van der Waals surface area contributed by atoms with Gasteiger partial charge in [-0.15, -0.1) is 0 Å². The summed E-state index contributed by atoms with van der Waals surface area (Å²) >= 11 is 0. The highest BCUT2D eigenvalue weighted by Crippen LogP contribution is 2.12. The lowest BCUT2D eigenvalue weighted by Gasteiger charge is -2.20. The van der Waals surface area contributed by atoms with E-state index >= 15 is 0 Å². The fourth-order valence-corrected chi connectivity index (χ4v) is 0.252. The van der Waals surface area contributed by atoms with Gasteiger partial charge >= 0.3 is 0 Å². The molecule has 0 aromatic heterocycles. The van der Waals surface area contributed by atoms with Gasteiger partial charge in [0.25, 0.3) is 0 Å². The molecule has 9 heavy (non-hydrogen) atoms. The molecule has 0 aliphatic rings. The predicted molar refractivity (Wildman–Crippen MR) is 35.6 cm³/mol. The maximum absolute atomic E-state index is 5.04. The lowest BCUT2D eigenvalue weighted by molar-refractivity contribution is -0.352. The summed E-state index contributed by atoms with van der Waals surface area (Å²) in [5.74, 6) is 0. The van der Waals surface area contributed by atoms with Crippen LogP contribution in [0, 0.1) is 0 Å². The average Bonchev–Trinajstić information content (AvgIpc) is 1.84. The summed E-state index contributed by atoms with van der Waals surface area (Å²) in [7, 11) is 0. The van der Waals surface area contributed by atoms with Crippen LogP contribution in [0.2, 0.25) is 0 Å². The first-order chi connectivity index (χ1) is 4.12. The molecule has 0 rings (SSSR count). The number of nitrogens with two attached hydrogens (primary N) is 1. The third kappa shape index (κ3) is 4.39. The van der Waals surface area contributed by atoms with E-state index in [4.69, 9.17) is 10.6 Å². The highest BCUT2D eigenvalue weighted by Gasteiger charge is 2.15. The number of hydrogen-bond acceptors (Lipinski definition) is 3. The molecule has 0 spiro atoms. The van der Waals surface area contributed by atoms with Gasteiger partial charge in [-0.3, -0.25) is 0 Å². The molecule has 0 aliphatic heterocycles. The van der Waals surface area contributed by atoms with Crippen molar-refractivity contribution in [2.24, 2.45) is 5.73 Å². The molecule has 0 radical (unpaired) electrons. The first kappa shape index (κ1) is 8.88. The second kappa shape index (κ2) is 3.82. The first-order valence-corrected chi connectivity index (χ1v) is 3.13. The highest BCUT2D eigenvalue weighted by molar-refractivity contribution is 4.61.